The number of hydrogen-bond acceptors (Lipinski definition) is 4. The zero-order chi connectivity index (χ0) is 9.56. The molecule has 0 aliphatic heterocycles. The summed E-state index contributed by atoms with van der Waals surface area (Å²) in [5.74, 6) is -1.67. The maximum absolute atomic E-state index is 10.7. The second-order valence-corrected chi connectivity index (χ2v) is 1.97. The van der Waals surface area contributed by atoms with Crippen LogP contribution in [0.5, 0.6) is 0 Å². The Kier molecular flexibility index (Phi) is 4.36. The third-order valence-electron chi connectivity index (χ3n) is 1.06. The van der Waals surface area contributed by atoms with Crippen LogP contribution in [0.2, 0.25) is 0 Å². The molecule has 0 heterocycles. The van der Waals surface area contributed by atoms with Gasteiger partial charge in [0, 0.05) is 11.6 Å². The molecule has 0 aromatic carbocycles. The molecular formula is C7H8O5. The number of hydrogen-bond donors (Lipinski definition) is 1. The van der Waals surface area contributed by atoms with Crippen molar-refractivity contribution >= 4 is 18.2 Å². The maximum Gasteiger partial charge on any atom is 0.328 e. The van der Waals surface area contributed by atoms with Gasteiger partial charge in [-0.3, -0.25) is 9.59 Å². The molecule has 0 spiro atoms. The Bertz CT molecular complexity index is 228. The van der Waals surface area contributed by atoms with Gasteiger partial charge in [0.1, 0.15) is 6.61 Å². The van der Waals surface area contributed by atoms with Crippen molar-refractivity contribution in [3.05, 3.63) is 11.6 Å². The van der Waals surface area contributed by atoms with Crippen LogP contribution in [0, 0.1) is 0 Å². The van der Waals surface area contributed by atoms with Crippen molar-refractivity contribution in [1.29, 1.82) is 0 Å². The smallest absolute Gasteiger partial charge is 0.328 e. The first-order valence-corrected chi connectivity index (χ1v) is 3.07. The largest absolute Gasteiger partial charge is 0.478 e. The number of carboxylic acid groups (broad SMARTS) is 1. The molecule has 0 fully saturated rings. The Labute approximate surface area is 68.6 Å². The van der Waals surface area contributed by atoms with Crippen LogP contribution in [-0.4, -0.2) is 29.9 Å². The van der Waals surface area contributed by atoms with Gasteiger partial charge in [0.15, 0.2) is 5.78 Å². The molecule has 0 atom stereocenters. The molecule has 0 amide bonds. The van der Waals surface area contributed by atoms with Crippen LogP contribution in [0.3, 0.4) is 0 Å². The number of ketones is 1. The summed E-state index contributed by atoms with van der Waals surface area (Å²) in [6.45, 7) is 1.05. The van der Waals surface area contributed by atoms with E-state index in [2.05, 4.69) is 4.74 Å². The van der Waals surface area contributed by atoms with E-state index in [0.29, 0.717) is 6.08 Å². The molecule has 0 bridgehead atoms. The monoisotopic (exact) mass is 172 g/mol. The molecule has 0 saturated heterocycles. The van der Waals surface area contributed by atoms with Gasteiger partial charge in [-0.1, -0.05) is 0 Å². The highest BCUT2D eigenvalue weighted by molar-refractivity contribution is 5.99. The number of aliphatic carboxylic acids is 1. The lowest BCUT2D eigenvalue weighted by molar-refractivity contribution is -0.132. The highest BCUT2D eigenvalue weighted by Gasteiger charge is 2.05. The van der Waals surface area contributed by atoms with E-state index in [1.807, 2.05) is 0 Å². The Morgan fingerprint density at radius 3 is 2.42 bits per heavy atom. The normalized spacial score (nSPS) is 10.6. The second-order valence-electron chi connectivity index (χ2n) is 1.97. The topological polar surface area (TPSA) is 80.7 Å². The molecule has 0 saturated carbocycles. The molecule has 5 heteroatoms. The van der Waals surface area contributed by atoms with E-state index in [9.17, 15) is 14.4 Å². The zero-order valence-electron chi connectivity index (χ0n) is 6.44. The maximum atomic E-state index is 10.7. The van der Waals surface area contributed by atoms with Gasteiger partial charge in [0.25, 0.3) is 6.47 Å². The predicted octanol–water partition coefficient (Wildman–Crippen LogP) is -0.241. The van der Waals surface area contributed by atoms with E-state index < -0.39 is 11.8 Å². The van der Waals surface area contributed by atoms with Crippen molar-refractivity contribution in [1.82, 2.24) is 0 Å². The van der Waals surface area contributed by atoms with Crippen LogP contribution in [0.15, 0.2) is 11.6 Å². The fraction of sp³-hybridized carbons (Fsp3) is 0.286. The van der Waals surface area contributed by atoms with E-state index in [1.165, 1.54) is 6.92 Å². The minimum absolute atomic E-state index is 0.0467. The Morgan fingerprint density at radius 2 is 2.08 bits per heavy atom. The molecule has 0 aliphatic rings. The Morgan fingerprint density at radius 1 is 1.50 bits per heavy atom. The molecule has 5 nitrogen and oxygen atoms in total. The van der Waals surface area contributed by atoms with Gasteiger partial charge in [-0.15, -0.1) is 0 Å². The van der Waals surface area contributed by atoms with E-state index in [-0.39, 0.29) is 18.7 Å². The summed E-state index contributed by atoms with van der Waals surface area (Å²) >= 11 is 0. The first-order valence-electron chi connectivity index (χ1n) is 3.07. The van der Waals surface area contributed by atoms with E-state index in [4.69, 9.17) is 5.11 Å². The molecule has 12 heavy (non-hydrogen) atoms. The van der Waals surface area contributed by atoms with Crippen molar-refractivity contribution in [3.63, 3.8) is 0 Å². The molecular weight excluding hydrogens is 164 g/mol. The highest BCUT2D eigenvalue weighted by atomic mass is 16.5. The van der Waals surface area contributed by atoms with Crippen LogP contribution in [0.4, 0.5) is 0 Å². The van der Waals surface area contributed by atoms with Gasteiger partial charge in [-0.05, 0) is 6.92 Å². The van der Waals surface area contributed by atoms with Crippen LogP contribution in [0.1, 0.15) is 6.92 Å². The number of carbonyl (C=O) groups excluding carboxylic acids is 2. The van der Waals surface area contributed by atoms with Gasteiger partial charge >= 0.3 is 5.97 Å². The van der Waals surface area contributed by atoms with Crippen molar-refractivity contribution in [2.24, 2.45) is 0 Å². The Balaban J connectivity index is 4.32. The third kappa shape index (κ3) is 4.21. The molecule has 0 rings (SSSR count). The zero-order valence-corrected chi connectivity index (χ0v) is 6.44. The Hall–Kier alpha value is -1.65. The van der Waals surface area contributed by atoms with Crippen molar-refractivity contribution in [2.45, 2.75) is 6.92 Å². The van der Waals surface area contributed by atoms with Crippen LogP contribution >= 0.6 is 0 Å². The molecule has 1 N–H and O–H groups in total. The molecule has 0 aromatic rings. The van der Waals surface area contributed by atoms with Crippen molar-refractivity contribution in [3.8, 4) is 0 Å². The van der Waals surface area contributed by atoms with E-state index in [0.717, 1.165) is 0 Å². The molecule has 0 aromatic heterocycles. The van der Waals surface area contributed by atoms with Crippen LogP contribution in [-0.2, 0) is 19.1 Å². The van der Waals surface area contributed by atoms with Gasteiger partial charge in [0.05, 0.1) is 0 Å². The summed E-state index contributed by atoms with van der Waals surface area (Å²) in [6, 6.07) is 0. The van der Waals surface area contributed by atoms with Crippen molar-refractivity contribution < 1.29 is 24.2 Å². The second kappa shape index (κ2) is 5.06. The third-order valence-corrected chi connectivity index (χ3v) is 1.06. The molecule has 0 unspecified atom stereocenters. The molecule has 0 aliphatic carbocycles. The summed E-state index contributed by atoms with van der Waals surface area (Å²) in [6.07, 6.45) is 0.714. The molecule has 66 valence electrons. The number of ether oxygens (including phenoxy) is 1. The van der Waals surface area contributed by atoms with E-state index in [1.54, 1.807) is 0 Å². The van der Waals surface area contributed by atoms with Crippen LogP contribution < -0.4 is 0 Å². The van der Waals surface area contributed by atoms with Gasteiger partial charge in [0.2, 0.25) is 0 Å². The molecule has 0 radical (unpaired) electrons. The van der Waals surface area contributed by atoms with Gasteiger partial charge < -0.3 is 9.84 Å². The number of carboxylic acids is 1. The lowest BCUT2D eigenvalue weighted by atomic mass is 10.2. The minimum Gasteiger partial charge on any atom is -0.478 e. The highest BCUT2D eigenvalue weighted by Crippen LogP contribution is 1.96. The summed E-state index contributed by atoms with van der Waals surface area (Å²) < 4.78 is 4.22. The van der Waals surface area contributed by atoms with Gasteiger partial charge in [-0.25, -0.2) is 4.79 Å². The first-order chi connectivity index (χ1) is 5.57. The SMILES string of the molecule is CC(=O)C(=CC(=O)O)COC=O. The van der Waals surface area contributed by atoms with Gasteiger partial charge in [-0.2, -0.15) is 0 Å². The minimum atomic E-state index is -1.24. The quantitative estimate of drug-likeness (QED) is 0.457. The lowest BCUT2D eigenvalue weighted by Crippen LogP contribution is -2.07. The van der Waals surface area contributed by atoms with E-state index >= 15 is 0 Å². The predicted molar refractivity (Wildman–Crippen MR) is 38.4 cm³/mol. The summed E-state index contributed by atoms with van der Waals surface area (Å²) in [5.41, 5.74) is -0.0467. The fourth-order valence-electron chi connectivity index (χ4n) is 0.518. The summed E-state index contributed by atoms with van der Waals surface area (Å²) in [5, 5.41) is 8.26. The average Bonchev–Trinajstić information content (AvgIpc) is 1.96. The standard InChI is InChI=1S/C7H8O5/c1-5(9)6(2-7(10)11)3-12-4-8/h2,4H,3H2,1H3,(H,10,11). The average molecular weight is 172 g/mol. The number of rotatable bonds is 5. The van der Waals surface area contributed by atoms with Crippen LogP contribution in [0.25, 0.3) is 0 Å². The fourth-order valence-corrected chi connectivity index (χ4v) is 0.518. The summed E-state index contributed by atoms with van der Waals surface area (Å²) in [4.78, 5) is 30.5. The lowest BCUT2D eigenvalue weighted by Gasteiger charge is -1.98. The first kappa shape index (κ1) is 10.3. The summed E-state index contributed by atoms with van der Waals surface area (Å²) in [7, 11) is 0. The number of carbonyl (C=O) groups is 3. The number of Topliss-reactive ketones (excluding diaryl/α,β-unsaturated/α-hetero) is 1. The van der Waals surface area contributed by atoms with Crippen molar-refractivity contribution in [2.75, 3.05) is 6.61 Å².